The molecule has 3 aromatic rings. The van der Waals surface area contributed by atoms with Crippen LogP contribution in [0.5, 0.6) is 0 Å². The zero-order chi connectivity index (χ0) is 19.3. The van der Waals surface area contributed by atoms with E-state index >= 15 is 0 Å². The molecule has 1 aromatic carbocycles. The lowest BCUT2D eigenvalue weighted by molar-refractivity contribution is -0.132. The number of nitrogens with zero attached hydrogens (tertiary/aromatic N) is 3. The van der Waals surface area contributed by atoms with Gasteiger partial charge in [0.15, 0.2) is 0 Å². The van der Waals surface area contributed by atoms with Crippen molar-refractivity contribution in [3.05, 3.63) is 71.8 Å². The second-order valence-electron chi connectivity index (χ2n) is 7.58. The standard InChI is InChI=1S/C23H26N4O/c1-17-3-2-4-20(15-17)21-16-25-26-23(21)19-9-13-27(14-10-19)22(28)6-5-18-7-11-24-12-8-18/h2-4,7-8,11-12,15-16,19H,5-6,9-10,13-14H2,1H3,(H,25,26). The second kappa shape index (κ2) is 8.38. The normalized spacial score (nSPS) is 15.0. The number of nitrogens with one attached hydrogen (secondary N) is 1. The van der Waals surface area contributed by atoms with Crippen LogP contribution in [-0.2, 0) is 11.2 Å². The number of hydrogen-bond acceptors (Lipinski definition) is 3. The Kier molecular flexibility index (Phi) is 5.51. The maximum absolute atomic E-state index is 12.6. The number of likely N-dealkylation sites (tertiary alicyclic amines) is 1. The molecule has 0 bridgehead atoms. The van der Waals surface area contributed by atoms with Gasteiger partial charge in [0.2, 0.25) is 5.91 Å². The first-order valence-electron chi connectivity index (χ1n) is 9.97. The van der Waals surface area contributed by atoms with Crippen LogP contribution in [0.25, 0.3) is 11.1 Å². The molecule has 28 heavy (non-hydrogen) atoms. The molecule has 1 amide bonds. The lowest BCUT2D eigenvalue weighted by Gasteiger charge is -2.32. The zero-order valence-corrected chi connectivity index (χ0v) is 16.3. The smallest absolute Gasteiger partial charge is 0.222 e. The number of benzene rings is 1. The first-order valence-corrected chi connectivity index (χ1v) is 9.97. The van der Waals surface area contributed by atoms with Crippen LogP contribution in [0.1, 0.15) is 42.0 Å². The van der Waals surface area contributed by atoms with Gasteiger partial charge in [-0.3, -0.25) is 14.9 Å². The number of carbonyl (C=O) groups excluding carboxylic acids is 1. The van der Waals surface area contributed by atoms with E-state index in [1.165, 1.54) is 27.9 Å². The number of amides is 1. The molecule has 0 spiro atoms. The molecular weight excluding hydrogens is 348 g/mol. The number of carbonyl (C=O) groups is 1. The highest BCUT2D eigenvalue weighted by atomic mass is 16.2. The van der Waals surface area contributed by atoms with E-state index in [2.05, 4.69) is 46.4 Å². The molecule has 0 radical (unpaired) electrons. The molecule has 1 saturated heterocycles. The Labute approximate surface area is 165 Å². The highest BCUT2D eigenvalue weighted by Gasteiger charge is 2.26. The van der Waals surface area contributed by atoms with Crippen LogP contribution >= 0.6 is 0 Å². The second-order valence-corrected chi connectivity index (χ2v) is 7.58. The van der Waals surface area contributed by atoms with Gasteiger partial charge in [-0.25, -0.2) is 0 Å². The molecule has 5 nitrogen and oxygen atoms in total. The van der Waals surface area contributed by atoms with Gasteiger partial charge >= 0.3 is 0 Å². The molecule has 144 valence electrons. The first-order chi connectivity index (χ1) is 13.7. The van der Waals surface area contributed by atoms with E-state index in [0.717, 1.165) is 32.4 Å². The summed E-state index contributed by atoms with van der Waals surface area (Å²) in [4.78, 5) is 18.6. The van der Waals surface area contributed by atoms with Gasteiger partial charge < -0.3 is 4.90 Å². The van der Waals surface area contributed by atoms with Crippen molar-refractivity contribution in [1.29, 1.82) is 0 Å². The molecule has 2 aromatic heterocycles. The van der Waals surface area contributed by atoms with Crippen molar-refractivity contribution >= 4 is 5.91 Å². The van der Waals surface area contributed by atoms with Crippen molar-refractivity contribution in [2.45, 2.75) is 38.5 Å². The van der Waals surface area contributed by atoms with Crippen LogP contribution in [0.15, 0.2) is 55.0 Å². The van der Waals surface area contributed by atoms with E-state index in [4.69, 9.17) is 0 Å². The highest BCUT2D eigenvalue weighted by Crippen LogP contribution is 2.34. The summed E-state index contributed by atoms with van der Waals surface area (Å²) in [7, 11) is 0. The summed E-state index contributed by atoms with van der Waals surface area (Å²) in [6, 6.07) is 12.5. The molecule has 0 unspecified atom stereocenters. The van der Waals surface area contributed by atoms with E-state index < -0.39 is 0 Å². The summed E-state index contributed by atoms with van der Waals surface area (Å²) in [6.45, 7) is 3.73. The quantitative estimate of drug-likeness (QED) is 0.731. The number of aryl methyl sites for hydroxylation is 2. The largest absolute Gasteiger partial charge is 0.343 e. The molecule has 1 aliphatic rings. The fourth-order valence-electron chi connectivity index (χ4n) is 4.03. The summed E-state index contributed by atoms with van der Waals surface area (Å²) in [5.41, 5.74) is 6.01. The van der Waals surface area contributed by atoms with Gasteiger partial charge in [-0.1, -0.05) is 29.8 Å². The van der Waals surface area contributed by atoms with Crippen LogP contribution in [0.2, 0.25) is 0 Å². The van der Waals surface area contributed by atoms with E-state index in [1.54, 1.807) is 12.4 Å². The average Bonchev–Trinajstić information content (AvgIpc) is 3.23. The van der Waals surface area contributed by atoms with Gasteiger partial charge in [-0.2, -0.15) is 5.10 Å². The van der Waals surface area contributed by atoms with Crippen molar-refractivity contribution in [2.75, 3.05) is 13.1 Å². The number of piperidine rings is 1. The Hall–Kier alpha value is -2.95. The Morgan fingerprint density at radius 1 is 1.18 bits per heavy atom. The summed E-state index contributed by atoms with van der Waals surface area (Å²) in [5.74, 6) is 0.668. The summed E-state index contributed by atoms with van der Waals surface area (Å²) in [6.07, 6.45) is 8.77. The zero-order valence-electron chi connectivity index (χ0n) is 16.3. The monoisotopic (exact) mass is 374 g/mol. The molecule has 1 N–H and O–H groups in total. The Morgan fingerprint density at radius 3 is 2.71 bits per heavy atom. The molecule has 5 heteroatoms. The molecule has 4 rings (SSSR count). The third kappa shape index (κ3) is 4.14. The minimum absolute atomic E-state index is 0.249. The predicted molar refractivity (Wildman–Crippen MR) is 110 cm³/mol. The van der Waals surface area contributed by atoms with E-state index in [0.29, 0.717) is 12.3 Å². The Balaban J connectivity index is 1.36. The number of rotatable bonds is 5. The molecule has 3 heterocycles. The summed E-state index contributed by atoms with van der Waals surface area (Å²) < 4.78 is 0. The van der Waals surface area contributed by atoms with Crippen LogP contribution in [0.4, 0.5) is 0 Å². The number of aromatic nitrogens is 3. The van der Waals surface area contributed by atoms with Gasteiger partial charge in [0.05, 0.1) is 6.20 Å². The molecule has 0 saturated carbocycles. The minimum atomic E-state index is 0.249. The third-order valence-electron chi connectivity index (χ3n) is 5.63. The molecule has 0 atom stereocenters. The maximum atomic E-state index is 12.6. The van der Waals surface area contributed by atoms with Crippen molar-refractivity contribution in [1.82, 2.24) is 20.1 Å². The van der Waals surface area contributed by atoms with Crippen molar-refractivity contribution < 1.29 is 4.79 Å². The lowest BCUT2D eigenvalue weighted by atomic mass is 9.89. The fourth-order valence-corrected chi connectivity index (χ4v) is 4.03. The lowest BCUT2D eigenvalue weighted by Crippen LogP contribution is -2.38. The average molecular weight is 374 g/mol. The van der Waals surface area contributed by atoms with Crippen molar-refractivity contribution in [3.8, 4) is 11.1 Å². The summed E-state index contributed by atoms with van der Waals surface area (Å²) in [5, 5.41) is 7.53. The SMILES string of the molecule is Cc1cccc(-c2cn[nH]c2C2CCN(C(=O)CCc3ccncc3)CC2)c1. The first kappa shape index (κ1) is 18.4. The molecule has 1 fully saturated rings. The van der Waals surface area contributed by atoms with E-state index in [9.17, 15) is 4.79 Å². The molecule has 0 aliphatic carbocycles. The van der Waals surface area contributed by atoms with Gasteiger partial charge in [-0.05, 0) is 49.4 Å². The van der Waals surface area contributed by atoms with Crippen LogP contribution < -0.4 is 0 Å². The molecular formula is C23H26N4O. The number of pyridine rings is 1. The summed E-state index contributed by atoms with van der Waals surface area (Å²) >= 11 is 0. The van der Waals surface area contributed by atoms with Gasteiger partial charge in [0.1, 0.15) is 0 Å². The third-order valence-corrected chi connectivity index (χ3v) is 5.63. The van der Waals surface area contributed by atoms with E-state index in [1.807, 2.05) is 23.2 Å². The van der Waals surface area contributed by atoms with Gasteiger partial charge in [0.25, 0.3) is 0 Å². The minimum Gasteiger partial charge on any atom is -0.343 e. The Bertz CT molecular complexity index is 927. The Morgan fingerprint density at radius 2 is 1.96 bits per heavy atom. The van der Waals surface area contributed by atoms with Crippen LogP contribution in [-0.4, -0.2) is 39.1 Å². The van der Waals surface area contributed by atoms with Crippen molar-refractivity contribution in [3.63, 3.8) is 0 Å². The predicted octanol–water partition coefficient (Wildman–Crippen LogP) is 4.12. The maximum Gasteiger partial charge on any atom is 0.222 e. The number of hydrogen-bond donors (Lipinski definition) is 1. The number of H-pyrrole nitrogens is 1. The van der Waals surface area contributed by atoms with Crippen LogP contribution in [0.3, 0.4) is 0 Å². The fraction of sp³-hybridized carbons (Fsp3) is 0.348. The molecule has 1 aliphatic heterocycles. The van der Waals surface area contributed by atoms with Gasteiger partial charge in [0, 0.05) is 49.1 Å². The van der Waals surface area contributed by atoms with Gasteiger partial charge in [-0.15, -0.1) is 0 Å². The topological polar surface area (TPSA) is 61.9 Å². The van der Waals surface area contributed by atoms with Crippen LogP contribution in [0, 0.1) is 6.92 Å². The van der Waals surface area contributed by atoms with Crippen molar-refractivity contribution in [2.24, 2.45) is 0 Å². The number of aromatic amines is 1. The highest BCUT2D eigenvalue weighted by molar-refractivity contribution is 5.76. The van der Waals surface area contributed by atoms with E-state index in [-0.39, 0.29) is 5.91 Å².